The molecule has 108 valence electrons. The molecule has 3 aromatic rings. The summed E-state index contributed by atoms with van der Waals surface area (Å²) in [5.41, 5.74) is 8.21. The van der Waals surface area contributed by atoms with E-state index >= 15 is 0 Å². The van der Waals surface area contributed by atoms with Gasteiger partial charge in [0.05, 0.1) is 11.4 Å². The van der Waals surface area contributed by atoms with Gasteiger partial charge in [-0.2, -0.15) is 0 Å². The van der Waals surface area contributed by atoms with Gasteiger partial charge < -0.3 is 11.1 Å². The van der Waals surface area contributed by atoms with Crippen LogP contribution in [0.1, 0.15) is 15.9 Å². The van der Waals surface area contributed by atoms with Crippen molar-refractivity contribution in [3.05, 3.63) is 78.2 Å². The van der Waals surface area contributed by atoms with E-state index < -0.39 is 0 Å². The minimum absolute atomic E-state index is 0.0833. The molecular weight excluding hydrogens is 276 g/mol. The van der Waals surface area contributed by atoms with E-state index in [1.807, 2.05) is 18.2 Å². The lowest BCUT2D eigenvalue weighted by molar-refractivity contribution is 0.103. The minimum Gasteiger partial charge on any atom is -0.396 e. The number of pyridine rings is 2. The maximum absolute atomic E-state index is 12.6. The average Bonchev–Trinajstić information content (AvgIpc) is 2.58. The molecule has 5 heteroatoms. The molecule has 22 heavy (non-hydrogen) atoms. The highest BCUT2D eigenvalue weighted by molar-refractivity contribution is 6.12. The maximum Gasteiger partial charge on any atom is 0.195 e. The highest BCUT2D eigenvalue weighted by atomic mass is 16.1. The topological polar surface area (TPSA) is 80.9 Å². The molecule has 0 aliphatic heterocycles. The Morgan fingerprint density at radius 1 is 0.955 bits per heavy atom. The van der Waals surface area contributed by atoms with E-state index in [1.165, 1.54) is 0 Å². The average molecular weight is 290 g/mol. The maximum atomic E-state index is 12.6. The van der Waals surface area contributed by atoms with Gasteiger partial charge in [0.15, 0.2) is 11.6 Å². The Kier molecular flexibility index (Phi) is 3.78. The molecular formula is C17H14N4O. The quantitative estimate of drug-likeness (QED) is 0.722. The van der Waals surface area contributed by atoms with Crippen LogP contribution in [0.5, 0.6) is 0 Å². The second kappa shape index (κ2) is 6.05. The molecule has 0 unspecified atom stereocenters. The number of hydrogen-bond donors (Lipinski definition) is 2. The summed E-state index contributed by atoms with van der Waals surface area (Å²) in [4.78, 5) is 20.7. The van der Waals surface area contributed by atoms with Crippen LogP contribution in [0.3, 0.4) is 0 Å². The summed E-state index contributed by atoms with van der Waals surface area (Å²) in [6.07, 6.45) is 4.84. The molecule has 1 aromatic carbocycles. The molecule has 3 rings (SSSR count). The molecule has 0 saturated carbocycles. The number of carbonyl (C=O) groups excluding carboxylic acids is 1. The predicted molar refractivity (Wildman–Crippen MR) is 86.0 cm³/mol. The van der Waals surface area contributed by atoms with Crippen molar-refractivity contribution in [2.45, 2.75) is 0 Å². The summed E-state index contributed by atoms with van der Waals surface area (Å²) >= 11 is 0. The highest BCUT2D eigenvalue weighted by Gasteiger charge is 2.14. The Morgan fingerprint density at radius 2 is 1.73 bits per heavy atom. The van der Waals surface area contributed by atoms with E-state index in [0.717, 1.165) is 0 Å². The number of nitrogens with two attached hydrogens (primary N) is 1. The van der Waals surface area contributed by atoms with Crippen molar-refractivity contribution >= 4 is 23.0 Å². The van der Waals surface area contributed by atoms with Crippen LogP contribution in [-0.2, 0) is 0 Å². The number of para-hydroxylation sites is 1. The summed E-state index contributed by atoms with van der Waals surface area (Å²) in [7, 11) is 0. The Hall–Kier alpha value is -3.21. The molecule has 0 radical (unpaired) electrons. The third-order valence-corrected chi connectivity index (χ3v) is 3.21. The van der Waals surface area contributed by atoms with Crippen LogP contribution in [0.25, 0.3) is 0 Å². The van der Waals surface area contributed by atoms with Gasteiger partial charge in [-0.3, -0.25) is 9.78 Å². The zero-order valence-corrected chi connectivity index (χ0v) is 11.7. The summed E-state index contributed by atoms with van der Waals surface area (Å²) in [6.45, 7) is 0. The first-order valence-electron chi connectivity index (χ1n) is 6.77. The zero-order chi connectivity index (χ0) is 15.4. The van der Waals surface area contributed by atoms with Crippen LogP contribution in [0, 0.1) is 0 Å². The first-order chi connectivity index (χ1) is 10.8. The first kappa shape index (κ1) is 13.8. The van der Waals surface area contributed by atoms with Crippen LogP contribution >= 0.6 is 0 Å². The SMILES string of the molecule is Nc1cccnc1Nc1ccccc1C(=O)c1ccncc1. The number of anilines is 3. The summed E-state index contributed by atoms with van der Waals surface area (Å²) in [6, 6.07) is 14.2. The number of benzene rings is 1. The third-order valence-electron chi connectivity index (χ3n) is 3.21. The number of hydrogen-bond acceptors (Lipinski definition) is 5. The van der Waals surface area contributed by atoms with Crippen molar-refractivity contribution < 1.29 is 4.79 Å². The highest BCUT2D eigenvalue weighted by Crippen LogP contribution is 2.24. The van der Waals surface area contributed by atoms with Gasteiger partial charge >= 0.3 is 0 Å². The molecule has 0 atom stereocenters. The van der Waals surface area contributed by atoms with E-state index in [0.29, 0.717) is 28.3 Å². The molecule has 3 N–H and O–H groups in total. The van der Waals surface area contributed by atoms with E-state index in [1.54, 1.807) is 48.9 Å². The van der Waals surface area contributed by atoms with Gasteiger partial charge in [-0.1, -0.05) is 12.1 Å². The lowest BCUT2D eigenvalue weighted by Crippen LogP contribution is -2.07. The van der Waals surface area contributed by atoms with Crippen LogP contribution in [0.15, 0.2) is 67.1 Å². The molecule has 2 aromatic heterocycles. The number of nitrogen functional groups attached to an aromatic ring is 1. The van der Waals surface area contributed by atoms with Crippen LogP contribution < -0.4 is 11.1 Å². The van der Waals surface area contributed by atoms with Gasteiger partial charge in [0.25, 0.3) is 0 Å². The van der Waals surface area contributed by atoms with E-state index in [9.17, 15) is 4.79 Å². The van der Waals surface area contributed by atoms with Crippen LogP contribution in [-0.4, -0.2) is 15.8 Å². The fourth-order valence-corrected chi connectivity index (χ4v) is 2.10. The van der Waals surface area contributed by atoms with Crippen molar-refractivity contribution in [2.24, 2.45) is 0 Å². The van der Waals surface area contributed by atoms with Gasteiger partial charge in [-0.05, 0) is 36.4 Å². The molecule has 0 bridgehead atoms. The molecule has 0 saturated heterocycles. The van der Waals surface area contributed by atoms with Gasteiger partial charge in [0, 0.05) is 29.7 Å². The van der Waals surface area contributed by atoms with Gasteiger partial charge in [-0.15, -0.1) is 0 Å². The normalized spacial score (nSPS) is 10.2. The summed E-state index contributed by atoms with van der Waals surface area (Å²) < 4.78 is 0. The fourth-order valence-electron chi connectivity index (χ4n) is 2.10. The van der Waals surface area contributed by atoms with E-state index in [4.69, 9.17) is 5.73 Å². The lowest BCUT2D eigenvalue weighted by Gasteiger charge is -2.12. The monoisotopic (exact) mass is 290 g/mol. The molecule has 0 aliphatic rings. The number of aromatic nitrogens is 2. The van der Waals surface area contributed by atoms with Crippen LogP contribution in [0.2, 0.25) is 0 Å². The predicted octanol–water partition coefficient (Wildman–Crippen LogP) is 3.03. The van der Waals surface area contributed by atoms with Gasteiger partial charge in [0.1, 0.15) is 0 Å². The number of nitrogens with one attached hydrogen (secondary N) is 1. The minimum atomic E-state index is -0.0833. The first-order valence-corrected chi connectivity index (χ1v) is 6.77. The molecule has 0 amide bonds. The number of carbonyl (C=O) groups is 1. The van der Waals surface area contributed by atoms with Crippen molar-refractivity contribution in [1.29, 1.82) is 0 Å². The largest absolute Gasteiger partial charge is 0.396 e. The second-order valence-corrected chi connectivity index (χ2v) is 4.68. The second-order valence-electron chi connectivity index (χ2n) is 4.68. The zero-order valence-electron chi connectivity index (χ0n) is 11.7. The van der Waals surface area contributed by atoms with Crippen molar-refractivity contribution in [2.75, 3.05) is 11.1 Å². The fraction of sp³-hybridized carbons (Fsp3) is 0. The van der Waals surface area contributed by atoms with Crippen LogP contribution in [0.4, 0.5) is 17.2 Å². The molecule has 0 aliphatic carbocycles. The van der Waals surface area contributed by atoms with Gasteiger partial charge in [0.2, 0.25) is 0 Å². The third kappa shape index (κ3) is 2.78. The Labute approximate surface area is 127 Å². The molecule has 2 heterocycles. The summed E-state index contributed by atoms with van der Waals surface area (Å²) in [5, 5.41) is 3.12. The van der Waals surface area contributed by atoms with Crippen molar-refractivity contribution in [3.8, 4) is 0 Å². The van der Waals surface area contributed by atoms with E-state index in [2.05, 4.69) is 15.3 Å². The standard InChI is InChI=1S/C17H14N4O/c18-14-5-3-9-20-17(14)21-15-6-2-1-4-13(15)16(22)12-7-10-19-11-8-12/h1-11H,18H2,(H,20,21). The van der Waals surface area contributed by atoms with Gasteiger partial charge in [-0.25, -0.2) is 4.98 Å². The Morgan fingerprint density at radius 3 is 2.50 bits per heavy atom. The Balaban J connectivity index is 1.97. The van der Waals surface area contributed by atoms with Crippen molar-refractivity contribution in [3.63, 3.8) is 0 Å². The molecule has 0 spiro atoms. The van der Waals surface area contributed by atoms with E-state index in [-0.39, 0.29) is 5.78 Å². The Bertz CT molecular complexity index is 803. The molecule has 5 nitrogen and oxygen atoms in total. The number of nitrogens with zero attached hydrogens (tertiary/aromatic N) is 2. The molecule has 0 fully saturated rings. The number of rotatable bonds is 4. The van der Waals surface area contributed by atoms with Crippen molar-refractivity contribution in [1.82, 2.24) is 9.97 Å². The lowest BCUT2D eigenvalue weighted by atomic mass is 10.0. The number of ketones is 1. The smallest absolute Gasteiger partial charge is 0.195 e. The summed E-state index contributed by atoms with van der Waals surface area (Å²) in [5.74, 6) is 0.442.